The van der Waals surface area contributed by atoms with Crippen LogP contribution in [0.25, 0.3) is 0 Å². The van der Waals surface area contributed by atoms with Crippen molar-refractivity contribution in [3.05, 3.63) is 60.7 Å². The second-order valence-electron chi connectivity index (χ2n) is 10.2. The summed E-state index contributed by atoms with van der Waals surface area (Å²) < 4.78 is 10.8. The fourth-order valence-electron chi connectivity index (χ4n) is 7.70. The molecule has 0 N–H and O–H groups in total. The van der Waals surface area contributed by atoms with E-state index in [0.29, 0.717) is 22.9 Å². The maximum Gasteiger partial charge on any atom is 0.238 e. The summed E-state index contributed by atoms with van der Waals surface area (Å²) in [5.74, 6) is -2.97. The fourth-order valence-corrected chi connectivity index (χ4v) is 7.70. The minimum absolute atomic E-state index is 0.142. The molecule has 2 heterocycles. The van der Waals surface area contributed by atoms with Crippen LogP contribution in [0, 0.1) is 47.3 Å². The molecule has 182 valence electrons. The summed E-state index contributed by atoms with van der Waals surface area (Å²) in [4.78, 5) is 57.2. The SMILES string of the molecule is COc1ccccc1N1C(=O)C2C3C=CC(C2C1=O)C1C2C(=O)N(c4ccccc4OC)C(=O)C2C31. The lowest BCUT2D eigenvalue weighted by atomic mass is 9.40. The smallest absolute Gasteiger partial charge is 0.238 e. The Labute approximate surface area is 207 Å². The molecule has 2 saturated heterocycles. The van der Waals surface area contributed by atoms with E-state index in [4.69, 9.17) is 9.47 Å². The van der Waals surface area contributed by atoms with Gasteiger partial charge in [0.1, 0.15) is 11.5 Å². The molecule has 4 aliphatic carbocycles. The largest absolute Gasteiger partial charge is 0.495 e. The van der Waals surface area contributed by atoms with E-state index in [1.165, 1.54) is 24.0 Å². The highest BCUT2D eigenvalue weighted by molar-refractivity contribution is 6.25. The number of para-hydroxylation sites is 4. The standard InChI is InChI=1S/C28H24N2O6/c1-35-17-9-5-3-7-15(17)29-25(31)21-13-11-12-14(22(21)26(29)32)20-19(13)23-24(20)28(34)30(27(23)33)16-8-4-6-10-18(16)36-2/h3-14,19-24H,1-2H3. The van der Waals surface area contributed by atoms with E-state index in [-0.39, 0.29) is 47.3 Å². The summed E-state index contributed by atoms with van der Waals surface area (Å²) in [6.07, 6.45) is 4.01. The molecule has 4 fully saturated rings. The monoisotopic (exact) mass is 484 g/mol. The topological polar surface area (TPSA) is 93.2 Å². The van der Waals surface area contributed by atoms with Crippen molar-refractivity contribution in [1.29, 1.82) is 0 Å². The third-order valence-corrected chi connectivity index (χ3v) is 9.00. The van der Waals surface area contributed by atoms with Gasteiger partial charge < -0.3 is 9.47 Å². The van der Waals surface area contributed by atoms with Crippen molar-refractivity contribution in [3.63, 3.8) is 0 Å². The molecule has 8 nitrogen and oxygen atoms in total. The van der Waals surface area contributed by atoms with Crippen LogP contribution in [0.5, 0.6) is 11.5 Å². The summed E-state index contributed by atoms with van der Waals surface area (Å²) in [5, 5.41) is 0. The average molecular weight is 485 g/mol. The molecule has 2 saturated carbocycles. The van der Waals surface area contributed by atoms with Gasteiger partial charge in [-0.15, -0.1) is 0 Å². The Morgan fingerprint density at radius 3 is 1.31 bits per heavy atom. The molecule has 36 heavy (non-hydrogen) atoms. The Kier molecular flexibility index (Phi) is 4.32. The number of rotatable bonds is 4. The van der Waals surface area contributed by atoms with Crippen LogP contribution in [0.3, 0.4) is 0 Å². The maximum absolute atomic E-state index is 13.7. The molecule has 0 radical (unpaired) electrons. The van der Waals surface area contributed by atoms with E-state index in [1.54, 1.807) is 48.5 Å². The summed E-state index contributed by atoms with van der Waals surface area (Å²) in [5.41, 5.74) is 0.877. The average Bonchev–Trinajstić information content (AvgIpc) is 3.27. The van der Waals surface area contributed by atoms with Crippen LogP contribution in [0.1, 0.15) is 0 Å². The molecular weight excluding hydrogens is 460 g/mol. The lowest BCUT2D eigenvalue weighted by Crippen LogP contribution is -2.63. The second-order valence-corrected chi connectivity index (χ2v) is 10.2. The van der Waals surface area contributed by atoms with Crippen LogP contribution in [0.15, 0.2) is 60.7 Å². The van der Waals surface area contributed by atoms with Crippen molar-refractivity contribution >= 4 is 35.0 Å². The fraction of sp³-hybridized carbons (Fsp3) is 0.357. The van der Waals surface area contributed by atoms with Crippen molar-refractivity contribution in [2.45, 2.75) is 0 Å². The number of ether oxygens (including phenoxy) is 2. The third-order valence-electron chi connectivity index (χ3n) is 9.00. The Balaban J connectivity index is 1.26. The zero-order valence-electron chi connectivity index (χ0n) is 19.7. The van der Waals surface area contributed by atoms with E-state index in [9.17, 15) is 19.2 Å². The maximum atomic E-state index is 13.7. The van der Waals surface area contributed by atoms with Gasteiger partial charge in [0.2, 0.25) is 23.6 Å². The van der Waals surface area contributed by atoms with Gasteiger partial charge in [0, 0.05) is 0 Å². The van der Waals surface area contributed by atoms with Crippen LogP contribution >= 0.6 is 0 Å². The summed E-state index contributed by atoms with van der Waals surface area (Å²) >= 11 is 0. The van der Waals surface area contributed by atoms with Crippen LogP contribution in [0.4, 0.5) is 11.4 Å². The number of allylic oxidation sites excluding steroid dienone is 2. The van der Waals surface area contributed by atoms with Gasteiger partial charge in [0.05, 0.1) is 49.3 Å². The van der Waals surface area contributed by atoms with Crippen LogP contribution in [0.2, 0.25) is 0 Å². The van der Waals surface area contributed by atoms with Crippen LogP contribution < -0.4 is 19.3 Å². The number of nitrogens with zero attached hydrogens (tertiary/aromatic N) is 2. The quantitative estimate of drug-likeness (QED) is 0.489. The van der Waals surface area contributed by atoms with Gasteiger partial charge in [-0.05, 0) is 47.9 Å². The summed E-state index contributed by atoms with van der Waals surface area (Å²) in [6, 6.07) is 14.0. The molecule has 2 aromatic rings. The number of hydrogen-bond acceptors (Lipinski definition) is 6. The first kappa shape index (κ1) is 21.4. The number of carbonyl (C=O) groups is 4. The zero-order chi connectivity index (χ0) is 24.9. The van der Waals surface area contributed by atoms with Crippen molar-refractivity contribution in [2.75, 3.05) is 24.0 Å². The molecule has 8 heteroatoms. The number of benzene rings is 2. The normalized spacial score (nSPS) is 35.5. The molecule has 8 atom stereocenters. The molecule has 4 amide bonds. The van der Waals surface area contributed by atoms with Gasteiger partial charge >= 0.3 is 0 Å². The highest BCUT2D eigenvalue weighted by atomic mass is 16.5. The number of amides is 4. The number of imide groups is 2. The Bertz CT molecular complexity index is 1330. The number of carbonyl (C=O) groups excluding carboxylic acids is 4. The highest BCUT2D eigenvalue weighted by Crippen LogP contribution is 2.68. The summed E-state index contributed by atoms with van der Waals surface area (Å²) in [7, 11) is 3.02. The van der Waals surface area contributed by atoms with Crippen molar-refractivity contribution in [2.24, 2.45) is 47.3 Å². The Morgan fingerprint density at radius 2 is 0.917 bits per heavy atom. The van der Waals surface area contributed by atoms with Crippen molar-refractivity contribution < 1.29 is 28.7 Å². The lowest BCUT2D eigenvalue weighted by molar-refractivity contribution is -0.166. The minimum Gasteiger partial charge on any atom is -0.495 e. The third kappa shape index (κ3) is 2.39. The number of fused-ring (bicyclic) bond motifs is 1. The molecule has 2 aliphatic heterocycles. The van der Waals surface area contributed by atoms with Gasteiger partial charge in [0.25, 0.3) is 0 Å². The molecule has 0 aromatic heterocycles. The van der Waals surface area contributed by atoms with Gasteiger partial charge in [-0.25, -0.2) is 9.80 Å². The van der Waals surface area contributed by atoms with E-state index in [2.05, 4.69) is 0 Å². The van der Waals surface area contributed by atoms with E-state index in [0.717, 1.165) is 0 Å². The van der Waals surface area contributed by atoms with Gasteiger partial charge in [-0.3, -0.25) is 19.2 Å². The van der Waals surface area contributed by atoms with Gasteiger partial charge in [0.15, 0.2) is 0 Å². The first-order valence-corrected chi connectivity index (χ1v) is 12.2. The number of anilines is 2. The first-order valence-electron chi connectivity index (χ1n) is 12.2. The first-order chi connectivity index (χ1) is 17.5. The predicted octanol–water partition coefficient (Wildman–Crippen LogP) is 2.68. The summed E-state index contributed by atoms with van der Waals surface area (Å²) in [6.45, 7) is 0. The van der Waals surface area contributed by atoms with E-state index in [1.807, 2.05) is 12.2 Å². The van der Waals surface area contributed by atoms with Gasteiger partial charge in [-0.1, -0.05) is 36.4 Å². The molecule has 0 spiro atoms. The number of methoxy groups -OCH3 is 2. The zero-order valence-corrected chi connectivity index (χ0v) is 19.7. The highest BCUT2D eigenvalue weighted by Gasteiger charge is 2.75. The molecule has 2 aromatic carbocycles. The molecule has 2 bridgehead atoms. The minimum atomic E-state index is -0.539. The molecule has 8 rings (SSSR count). The second kappa shape index (κ2) is 7.29. The Hall–Kier alpha value is -3.94. The molecular formula is C28H24N2O6. The predicted molar refractivity (Wildman–Crippen MR) is 128 cm³/mol. The lowest BCUT2D eigenvalue weighted by Gasteiger charge is -2.60. The Morgan fingerprint density at radius 1 is 0.556 bits per heavy atom. The van der Waals surface area contributed by atoms with E-state index < -0.39 is 23.7 Å². The van der Waals surface area contributed by atoms with E-state index >= 15 is 0 Å². The van der Waals surface area contributed by atoms with Crippen LogP contribution in [-0.4, -0.2) is 37.8 Å². The molecule has 6 aliphatic rings. The van der Waals surface area contributed by atoms with Gasteiger partial charge in [-0.2, -0.15) is 0 Å². The number of hydrogen-bond donors (Lipinski definition) is 0. The van der Waals surface area contributed by atoms with Crippen molar-refractivity contribution in [1.82, 2.24) is 0 Å². The van der Waals surface area contributed by atoms with Crippen molar-refractivity contribution in [3.8, 4) is 11.5 Å². The molecule has 8 unspecified atom stereocenters. The van der Waals surface area contributed by atoms with Crippen LogP contribution in [-0.2, 0) is 19.2 Å².